The Hall–Kier alpha value is -1.07. The molecule has 100 valence electrons. The second-order valence-corrected chi connectivity index (χ2v) is 4.79. The number of rotatable bonds is 6. The average Bonchev–Trinajstić information content (AvgIpc) is 2.34. The highest BCUT2D eigenvalue weighted by Gasteiger charge is 2.08. The van der Waals surface area contributed by atoms with Gasteiger partial charge in [-0.05, 0) is 31.5 Å². The van der Waals surface area contributed by atoms with Gasteiger partial charge in [-0.3, -0.25) is 0 Å². The van der Waals surface area contributed by atoms with E-state index in [0.29, 0.717) is 19.8 Å². The molecule has 0 aromatic heterocycles. The summed E-state index contributed by atoms with van der Waals surface area (Å²) >= 11 is 3.41. The third-order valence-corrected chi connectivity index (χ3v) is 2.93. The third kappa shape index (κ3) is 5.51. The third-order valence-electron chi connectivity index (χ3n) is 2.43. The highest BCUT2D eigenvalue weighted by atomic mass is 79.9. The number of carbonyl (C=O) groups excluding carboxylic acids is 1. The molecule has 2 N–H and O–H groups in total. The lowest BCUT2D eigenvalue weighted by Crippen LogP contribution is -2.38. The van der Waals surface area contributed by atoms with Crippen LogP contribution in [-0.2, 0) is 4.74 Å². The number of carbonyl (C=O) groups is 1. The van der Waals surface area contributed by atoms with E-state index in [-0.39, 0.29) is 12.1 Å². The van der Waals surface area contributed by atoms with Gasteiger partial charge in [0, 0.05) is 17.6 Å². The molecule has 0 spiro atoms. The Bertz CT molecular complexity index is 385. The van der Waals surface area contributed by atoms with E-state index in [1.165, 1.54) is 0 Å². The second kappa shape index (κ2) is 8.11. The molecule has 1 unspecified atom stereocenters. The van der Waals surface area contributed by atoms with Gasteiger partial charge in [-0.1, -0.05) is 28.1 Å². The lowest BCUT2D eigenvalue weighted by Gasteiger charge is -2.15. The molecule has 1 aromatic carbocycles. The van der Waals surface area contributed by atoms with Crippen molar-refractivity contribution in [1.29, 1.82) is 0 Å². The summed E-state index contributed by atoms with van der Waals surface area (Å²) in [6.07, 6.45) is 0. The van der Waals surface area contributed by atoms with Gasteiger partial charge in [-0.25, -0.2) is 4.79 Å². The zero-order valence-corrected chi connectivity index (χ0v) is 12.3. The second-order valence-electron chi connectivity index (χ2n) is 3.87. The monoisotopic (exact) mass is 314 g/mol. The van der Waals surface area contributed by atoms with E-state index < -0.39 is 0 Å². The molecule has 0 aliphatic heterocycles. The van der Waals surface area contributed by atoms with Crippen LogP contribution < -0.4 is 10.6 Å². The van der Waals surface area contributed by atoms with Crippen molar-refractivity contribution in [2.45, 2.75) is 19.9 Å². The first kappa shape index (κ1) is 15.0. The minimum atomic E-state index is -0.179. The van der Waals surface area contributed by atoms with Gasteiger partial charge < -0.3 is 15.4 Å². The number of halogens is 1. The topological polar surface area (TPSA) is 50.4 Å². The molecule has 1 atom stereocenters. The molecule has 5 heteroatoms. The van der Waals surface area contributed by atoms with Crippen molar-refractivity contribution in [1.82, 2.24) is 10.6 Å². The van der Waals surface area contributed by atoms with E-state index in [2.05, 4.69) is 26.6 Å². The molecule has 0 heterocycles. The maximum atomic E-state index is 11.6. The van der Waals surface area contributed by atoms with Gasteiger partial charge in [0.05, 0.1) is 12.6 Å². The number of benzene rings is 1. The molecule has 0 radical (unpaired) electrons. The summed E-state index contributed by atoms with van der Waals surface area (Å²) in [5.74, 6) is 0. The normalized spacial score (nSPS) is 11.9. The summed E-state index contributed by atoms with van der Waals surface area (Å²) in [6, 6.07) is 7.67. The van der Waals surface area contributed by atoms with Crippen molar-refractivity contribution in [3.8, 4) is 0 Å². The highest BCUT2D eigenvalue weighted by Crippen LogP contribution is 2.17. The van der Waals surface area contributed by atoms with Crippen LogP contribution in [0.25, 0.3) is 0 Å². The Morgan fingerprint density at radius 3 is 2.94 bits per heavy atom. The maximum Gasteiger partial charge on any atom is 0.315 e. The molecule has 1 rings (SSSR count). The highest BCUT2D eigenvalue weighted by molar-refractivity contribution is 9.10. The summed E-state index contributed by atoms with van der Waals surface area (Å²) in [6.45, 7) is 5.59. The summed E-state index contributed by atoms with van der Waals surface area (Å²) in [7, 11) is 0. The van der Waals surface area contributed by atoms with Crippen LogP contribution in [-0.4, -0.2) is 25.8 Å². The van der Waals surface area contributed by atoms with Gasteiger partial charge in [0.25, 0.3) is 0 Å². The molecule has 0 saturated heterocycles. The number of urea groups is 1. The Morgan fingerprint density at radius 1 is 1.50 bits per heavy atom. The van der Waals surface area contributed by atoms with Gasteiger partial charge >= 0.3 is 6.03 Å². The lowest BCUT2D eigenvalue weighted by molar-refractivity contribution is 0.149. The van der Waals surface area contributed by atoms with Crippen LogP contribution in [0, 0.1) is 0 Å². The predicted molar refractivity (Wildman–Crippen MR) is 75.6 cm³/mol. The van der Waals surface area contributed by atoms with Crippen LogP contribution in [0.15, 0.2) is 28.7 Å². The zero-order valence-electron chi connectivity index (χ0n) is 10.7. The summed E-state index contributed by atoms with van der Waals surface area (Å²) in [4.78, 5) is 11.6. The summed E-state index contributed by atoms with van der Waals surface area (Å²) in [5.41, 5.74) is 1.06. The first-order chi connectivity index (χ1) is 8.63. The minimum Gasteiger partial charge on any atom is -0.380 e. The number of amides is 2. The molecule has 18 heavy (non-hydrogen) atoms. The van der Waals surface area contributed by atoms with E-state index in [4.69, 9.17) is 4.74 Å². The predicted octanol–water partition coefficient (Wildman–Crippen LogP) is 2.85. The minimum absolute atomic E-state index is 0.0328. The van der Waals surface area contributed by atoms with E-state index in [0.717, 1.165) is 10.0 Å². The van der Waals surface area contributed by atoms with Crippen LogP contribution in [0.2, 0.25) is 0 Å². The van der Waals surface area contributed by atoms with Crippen LogP contribution >= 0.6 is 15.9 Å². The van der Waals surface area contributed by atoms with E-state index in [1.54, 1.807) is 0 Å². The van der Waals surface area contributed by atoms with Crippen molar-refractivity contribution < 1.29 is 9.53 Å². The molecular formula is C13H19BrN2O2. The van der Waals surface area contributed by atoms with Gasteiger partial charge in [-0.15, -0.1) is 0 Å². The van der Waals surface area contributed by atoms with Crippen molar-refractivity contribution >= 4 is 22.0 Å². The van der Waals surface area contributed by atoms with Crippen molar-refractivity contribution in [2.24, 2.45) is 0 Å². The van der Waals surface area contributed by atoms with Crippen LogP contribution in [0.4, 0.5) is 4.79 Å². The maximum absolute atomic E-state index is 11.6. The number of nitrogens with one attached hydrogen (secondary N) is 2. The fourth-order valence-corrected chi connectivity index (χ4v) is 1.90. The fourth-order valence-electron chi connectivity index (χ4n) is 1.49. The Balaban J connectivity index is 2.35. The number of hydrogen-bond acceptors (Lipinski definition) is 2. The average molecular weight is 315 g/mol. The fraction of sp³-hybridized carbons (Fsp3) is 0.462. The Labute approximate surface area is 116 Å². The molecule has 0 aliphatic carbocycles. The molecular weight excluding hydrogens is 296 g/mol. The Kier molecular flexibility index (Phi) is 6.75. The van der Waals surface area contributed by atoms with E-state index in [9.17, 15) is 4.79 Å². The SMILES string of the molecule is CCOCCNC(=O)NC(C)c1cccc(Br)c1. The van der Waals surface area contributed by atoms with Crippen LogP contribution in [0.1, 0.15) is 25.5 Å². The number of ether oxygens (including phenoxy) is 1. The largest absolute Gasteiger partial charge is 0.380 e. The first-order valence-corrected chi connectivity index (χ1v) is 6.80. The van der Waals surface area contributed by atoms with Crippen LogP contribution in [0.5, 0.6) is 0 Å². The van der Waals surface area contributed by atoms with Crippen molar-refractivity contribution in [2.75, 3.05) is 19.8 Å². The first-order valence-electron chi connectivity index (χ1n) is 6.01. The van der Waals surface area contributed by atoms with Gasteiger partial charge in [-0.2, -0.15) is 0 Å². The molecule has 2 amide bonds. The molecule has 1 aromatic rings. The van der Waals surface area contributed by atoms with Gasteiger partial charge in [0.2, 0.25) is 0 Å². The molecule has 4 nitrogen and oxygen atoms in total. The number of hydrogen-bond donors (Lipinski definition) is 2. The van der Waals surface area contributed by atoms with E-state index in [1.807, 2.05) is 38.1 Å². The van der Waals surface area contributed by atoms with Gasteiger partial charge in [0.1, 0.15) is 0 Å². The molecule has 0 bridgehead atoms. The van der Waals surface area contributed by atoms with Crippen molar-refractivity contribution in [3.63, 3.8) is 0 Å². The smallest absolute Gasteiger partial charge is 0.315 e. The van der Waals surface area contributed by atoms with Crippen molar-refractivity contribution in [3.05, 3.63) is 34.3 Å². The molecule has 0 fully saturated rings. The van der Waals surface area contributed by atoms with E-state index >= 15 is 0 Å². The van der Waals surface area contributed by atoms with Gasteiger partial charge in [0.15, 0.2) is 0 Å². The zero-order chi connectivity index (χ0) is 13.4. The van der Waals surface area contributed by atoms with Crippen LogP contribution in [0.3, 0.4) is 0 Å². The Morgan fingerprint density at radius 2 is 2.28 bits per heavy atom. The molecule has 0 aliphatic rings. The lowest BCUT2D eigenvalue weighted by atomic mass is 10.1. The molecule has 0 saturated carbocycles. The summed E-state index contributed by atoms with van der Waals surface area (Å²) in [5, 5.41) is 5.62. The summed E-state index contributed by atoms with van der Waals surface area (Å²) < 4.78 is 6.15. The standard InChI is InChI=1S/C13H19BrN2O2/c1-3-18-8-7-15-13(17)16-10(2)11-5-4-6-12(14)9-11/h4-6,9-10H,3,7-8H2,1-2H3,(H2,15,16,17). The quantitative estimate of drug-likeness (QED) is 0.793.